The predicted molar refractivity (Wildman–Crippen MR) is 126 cm³/mol. The van der Waals surface area contributed by atoms with Gasteiger partial charge in [0.05, 0.1) is 11.5 Å². The van der Waals surface area contributed by atoms with E-state index in [1.165, 1.54) is 11.1 Å². The van der Waals surface area contributed by atoms with Crippen LogP contribution in [0.15, 0.2) is 60.7 Å². The molecule has 2 atom stereocenters. The molecule has 5 rings (SSSR count). The van der Waals surface area contributed by atoms with E-state index in [-0.39, 0.29) is 43.5 Å². The maximum atomic E-state index is 12.8. The van der Waals surface area contributed by atoms with E-state index in [0.717, 1.165) is 11.1 Å². The van der Waals surface area contributed by atoms with Gasteiger partial charge in [-0.1, -0.05) is 60.7 Å². The number of fused-ring (bicyclic) bond motifs is 3. The number of amides is 2. The minimum Gasteiger partial charge on any atom is -0.481 e. The highest BCUT2D eigenvalue weighted by Gasteiger charge is 2.48. The Morgan fingerprint density at radius 3 is 2.29 bits per heavy atom. The summed E-state index contributed by atoms with van der Waals surface area (Å²) in [5.74, 6) is -1.22. The summed E-state index contributed by atoms with van der Waals surface area (Å²) in [5, 5.41) is 12.1. The van der Waals surface area contributed by atoms with Gasteiger partial charge in [-0.2, -0.15) is 0 Å². The summed E-state index contributed by atoms with van der Waals surface area (Å²) in [6.45, 7) is 2.35. The van der Waals surface area contributed by atoms with Crippen LogP contribution in [-0.4, -0.2) is 53.7 Å². The van der Waals surface area contributed by atoms with Crippen LogP contribution in [0, 0.1) is 11.3 Å². The average molecular weight is 461 g/mol. The third-order valence-electron chi connectivity index (χ3n) is 7.23. The molecule has 0 bridgehead atoms. The number of benzene rings is 2. The normalized spacial score (nSPS) is 22.3. The molecule has 7 nitrogen and oxygen atoms in total. The van der Waals surface area contributed by atoms with Crippen LogP contribution < -0.4 is 5.32 Å². The van der Waals surface area contributed by atoms with Crippen molar-refractivity contribution < 1.29 is 24.2 Å². The lowest BCUT2D eigenvalue weighted by atomic mass is 9.80. The van der Waals surface area contributed by atoms with Gasteiger partial charge in [0.25, 0.3) is 0 Å². The number of hydrogen-bond acceptors (Lipinski definition) is 4. The summed E-state index contributed by atoms with van der Waals surface area (Å²) in [6.07, 6.45) is 4.34. The van der Waals surface area contributed by atoms with Crippen molar-refractivity contribution in [3.05, 3.63) is 71.8 Å². The van der Waals surface area contributed by atoms with Gasteiger partial charge >= 0.3 is 12.1 Å². The van der Waals surface area contributed by atoms with Gasteiger partial charge in [-0.25, -0.2) is 4.79 Å². The summed E-state index contributed by atoms with van der Waals surface area (Å²) in [7, 11) is 0. The van der Waals surface area contributed by atoms with E-state index in [1.807, 2.05) is 36.4 Å². The molecular formula is C27H28N2O5. The van der Waals surface area contributed by atoms with E-state index in [4.69, 9.17) is 4.74 Å². The molecule has 2 aromatic rings. The number of carbonyl (C=O) groups is 3. The summed E-state index contributed by atoms with van der Waals surface area (Å²) in [4.78, 5) is 38.3. The first kappa shape index (κ1) is 22.2. The number of carbonyl (C=O) groups excluding carboxylic acids is 2. The molecule has 1 saturated heterocycles. The molecule has 0 unspecified atom stereocenters. The number of rotatable bonds is 5. The van der Waals surface area contributed by atoms with Gasteiger partial charge in [-0.05, 0) is 42.0 Å². The standard InChI is InChI=1S/C27H28N2O5/c1-27(25(31)32)15-29(16-27)24(30)17-7-6-8-18(13-17)28-26(33)34-14-23-21-11-4-2-9-19(21)20-10-3-5-12-22(20)23/h2-6,8-12,17-18,23H,7,13-16H2,1H3,(H,28,33)(H,31,32)/t17-,18-/m1/s1. The second kappa shape index (κ2) is 8.63. The van der Waals surface area contributed by atoms with Crippen LogP contribution in [0.4, 0.5) is 4.79 Å². The van der Waals surface area contributed by atoms with Crippen LogP contribution in [0.3, 0.4) is 0 Å². The zero-order chi connectivity index (χ0) is 23.9. The number of alkyl carbamates (subject to hydrolysis) is 1. The molecule has 0 radical (unpaired) electrons. The molecular weight excluding hydrogens is 432 g/mol. The quantitative estimate of drug-likeness (QED) is 0.662. The monoisotopic (exact) mass is 460 g/mol. The summed E-state index contributed by atoms with van der Waals surface area (Å²) >= 11 is 0. The number of aliphatic carboxylic acids is 1. The first-order valence-corrected chi connectivity index (χ1v) is 11.7. The van der Waals surface area contributed by atoms with Crippen molar-refractivity contribution in [1.82, 2.24) is 10.2 Å². The van der Waals surface area contributed by atoms with Gasteiger partial charge in [0.2, 0.25) is 5.91 Å². The Balaban J connectivity index is 1.16. The third-order valence-corrected chi connectivity index (χ3v) is 7.23. The van der Waals surface area contributed by atoms with Gasteiger partial charge in [-0.3, -0.25) is 9.59 Å². The highest BCUT2D eigenvalue weighted by Crippen LogP contribution is 2.44. The van der Waals surface area contributed by atoms with Crippen molar-refractivity contribution in [3.8, 4) is 11.1 Å². The number of likely N-dealkylation sites (tertiary alicyclic amines) is 1. The van der Waals surface area contributed by atoms with Crippen LogP contribution in [-0.2, 0) is 14.3 Å². The van der Waals surface area contributed by atoms with E-state index in [9.17, 15) is 19.5 Å². The van der Waals surface area contributed by atoms with Crippen LogP contribution in [0.1, 0.15) is 36.8 Å². The van der Waals surface area contributed by atoms with E-state index in [2.05, 4.69) is 29.6 Å². The Morgan fingerprint density at radius 2 is 1.68 bits per heavy atom. The minimum atomic E-state index is -0.880. The maximum absolute atomic E-state index is 12.8. The molecule has 1 heterocycles. The lowest BCUT2D eigenvalue weighted by Crippen LogP contribution is -2.62. The predicted octanol–water partition coefficient (Wildman–Crippen LogP) is 3.79. The van der Waals surface area contributed by atoms with Gasteiger partial charge < -0.3 is 20.1 Å². The van der Waals surface area contributed by atoms with Crippen molar-refractivity contribution >= 4 is 18.0 Å². The Kier molecular flexibility index (Phi) is 5.63. The first-order chi connectivity index (χ1) is 16.4. The lowest BCUT2D eigenvalue weighted by molar-refractivity contribution is -0.165. The fourth-order valence-electron chi connectivity index (χ4n) is 5.33. The van der Waals surface area contributed by atoms with Crippen LogP contribution in [0.25, 0.3) is 11.1 Å². The number of hydrogen-bond donors (Lipinski definition) is 2. The van der Waals surface area contributed by atoms with Crippen LogP contribution in [0.2, 0.25) is 0 Å². The Labute approximate surface area is 198 Å². The molecule has 34 heavy (non-hydrogen) atoms. The number of ether oxygens (including phenoxy) is 1. The third kappa shape index (κ3) is 3.95. The molecule has 2 amide bonds. The molecule has 176 valence electrons. The minimum absolute atomic E-state index is 0.00987. The zero-order valence-electron chi connectivity index (χ0n) is 19.1. The van der Waals surface area contributed by atoms with E-state index >= 15 is 0 Å². The molecule has 7 heteroatoms. The summed E-state index contributed by atoms with van der Waals surface area (Å²) < 4.78 is 5.63. The summed E-state index contributed by atoms with van der Waals surface area (Å²) in [6, 6.07) is 16.1. The molecule has 2 aromatic carbocycles. The van der Waals surface area contributed by atoms with E-state index in [1.54, 1.807) is 11.8 Å². The maximum Gasteiger partial charge on any atom is 0.407 e. The smallest absolute Gasteiger partial charge is 0.407 e. The molecule has 0 spiro atoms. The molecule has 3 aliphatic rings. The fraction of sp³-hybridized carbons (Fsp3) is 0.370. The van der Waals surface area contributed by atoms with Gasteiger partial charge in [0.15, 0.2) is 0 Å². The number of allylic oxidation sites excluding steroid dienone is 1. The fourth-order valence-corrected chi connectivity index (χ4v) is 5.33. The Bertz CT molecular complexity index is 1120. The van der Waals surface area contributed by atoms with Crippen molar-refractivity contribution in [2.75, 3.05) is 19.7 Å². The lowest BCUT2D eigenvalue weighted by Gasteiger charge is -2.46. The second-order valence-electron chi connectivity index (χ2n) is 9.73. The van der Waals surface area contributed by atoms with Crippen molar-refractivity contribution in [1.29, 1.82) is 0 Å². The largest absolute Gasteiger partial charge is 0.481 e. The van der Waals surface area contributed by atoms with Crippen molar-refractivity contribution in [2.45, 2.75) is 31.7 Å². The molecule has 2 N–H and O–H groups in total. The van der Waals surface area contributed by atoms with E-state index < -0.39 is 17.5 Å². The number of nitrogens with zero attached hydrogens (tertiary/aromatic N) is 1. The summed E-state index contributed by atoms with van der Waals surface area (Å²) in [5.41, 5.74) is 3.80. The van der Waals surface area contributed by atoms with Crippen LogP contribution in [0.5, 0.6) is 0 Å². The number of carboxylic acid groups (broad SMARTS) is 1. The number of carboxylic acids is 1. The van der Waals surface area contributed by atoms with E-state index in [0.29, 0.717) is 12.8 Å². The van der Waals surface area contributed by atoms with Crippen LogP contribution >= 0.6 is 0 Å². The molecule has 0 aromatic heterocycles. The van der Waals surface area contributed by atoms with Crippen molar-refractivity contribution in [2.24, 2.45) is 11.3 Å². The molecule has 1 aliphatic heterocycles. The van der Waals surface area contributed by atoms with Gasteiger partial charge in [-0.15, -0.1) is 0 Å². The van der Waals surface area contributed by atoms with Crippen molar-refractivity contribution in [3.63, 3.8) is 0 Å². The first-order valence-electron chi connectivity index (χ1n) is 11.7. The van der Waals surface area contributed by atoms with Gasteiger partial charge in [0.1, 0.15) is 6.61 Å². The SMILES string of the molecule is CC1(C(=O)O)CN(C(=O)[C@@H]2CC=C[C@@H](NC(=O)OCC3c4ccccc4-c4ccccc43)C2)C1. The Hall–Kier alpha value is -3.61. The Morgan fingerprint density at radius 1 is 1.06 bits per heavy atom. The number of nitrogens with one attached hydrogen (secondary N) is 1. The average Bonchev–Trinajstić information content (AvgIpc) is 3.14. The molecule has 2 aliphatic carbocycles. The zero-order valence-corrected chi connectivity index (χ0v) is 19.1. The molecule has 1 fully saturated rings. The topological polar surface area (TPSA) is 95.9 Å². The highest BCUT2D eigenvalue weighted by atomic mass is 16.5. The van der Waals surface area contributed by atoms with Gasteiger partial charge in [0, 0.05) is 24.9 Å². The molecule has 0 saturated carbocycles. The highest BCUT2D eigenvalue weighted by molar-refractivity contribution is 5.85. The second-order valence-corrected chi connectivity index (χ2v) is 9.73.